The van der Waals surface area contributed by atoms with Crippen LogP contribution in [0.15, 0.2) is 24.3 Å². The van der Waals surface area contributed by atoms with Gasteiger partial charge in [-0.3, -0.25) is 9.00 Å². The molecule has 1 saturated carbocycles. The number of carboxylic acid groups (broad SMARTS) is 1. The quantitative estimate of drug-likeness (QED) is 0.902. The first kappa shape index (κ1) is 14.3. The zero-order valence-corrected chi connectivity index (χ0v) is 12.0. The summed E-state index contributed by atoms with van der Waals surface area (Å²) in [6.07, 6.45) is 4.57. The largest absolute Gasteiger partial charge is 0.481 e. The van der Waals surface area contributed by atoms with Crippen molar-refractivity contribution < 1.29 is 14.1 Å². The van der Waals surface area contributed by atoms with Gasteiger partial charge in [-0.15, -0.1) is 0 Å². The summed E-state index contributed by atoms with van der Waals surface area (Å²) < 4.78 is 12.2. The molecular formula is C15H20O3S. The Kier molecular flexibility index (Phi) is 4.75. The highest BCUT2D eigenvalue weighted by Crippen LogP contribution is 2.25. The van der Waals surface area contributed by atoms with Gasteiger partial charge < -0.3 is 5.11 Å². The van der Waals surface area contributed by atoms with Gasteiger partial charge in [-0.1, -0.05) is 37.1 Å². The van der Waals surface area contributed by atoms with Crippen LogP contribution in [0.5, 0.6) is 0 Å². The predicted molar refractivity (Wildman–Crippen MR) is 76.6 cm³/mol. The van der Waals surface area contributed by atoms with E-state index < -0.39 is 22.7 Å². The molecule has 0 aliphatic heterocycles. The van der Waals surface area contributed by atoms with Crippen molar-refractivity contribution in [1.29, 1.82) is 0 Å². The average Bonchev–Trinajstić information content (AvgIpc) is 2.92. The maximum absolute atomic E-state index is 12.2. The summed E-state index contributed by atoms with van der Waals surface area (Å²) in [5.41, 5.74) is 1.83. The van der Waals surface area contributed by atoms with Gasteiger partial charge in [-0.25, -0.2) is 0 Å². The van der Waals surface area contributed by atoms with Gasteiger partial charge in [0.2, 0.25) is 0 Å². The SMILES string of the molecule is CC(C(=O)O)c1ccc(CS(=O)C2CCCC2)cc1. The summed E-state index contributed by atoms with van der Waals surface area (Å²) in [5.74, 6) is -0.719. The number of hydrogen-bond donors (Lipinski definition) is 1. The highest BCUT2D eigenvalue weighted by atomic mass is 32.2. The Morgan fingerprint density at radius 2 is 1.89 bits per heavy atom. The highest BCUT2D eigenvalue weighted by Gasteiger charge is 2.21. The molecule has 2 atom stereocenters. The average molecular weight is 280 g/mol. The van der Waals surface area contributed by atoms with E-state index in [-0.39, 0.29) is 0 Å². The number of carboxylic acids is 1. The Morgan fingerprint density at radius 1 is 1.32 bits per heavy atom. The van der Waals surface area contributed by atoms with Crippen LogP contribution in [0, 0.1) is 0 Å². The molecule has 19 heavy (non-hydrogen) atoms. The molecule has 4 heteroatoms. The molecule has 3 nitrogen and oxygen atoms in total. The van der Waals surface area contributed by atoms with Crippen LogP contribution in [0.25, 0.3) is 0 Å². The second-order valence-electron chi connectivity index (χ2n) is 5.23. The molecule has 1 fully saturated rings. The molecule has 0 aromatic heterocycles. The maximum Gasteiger partial charge on any atom is 0.310 e. The Bertz CT molecular complexity index is 461. The van der Waals surface area contributed by atoms with Crippen LogP contribution in [-0.4, -0.2) is 20.5 Å². The first-order valence-electron chi connectivity index (χ1n) is 6.76. The van der Waals surface area contributed by atoms with E-state index in [1.165, 1.54) is 12.8 Å². The van der Waals surface area contributed by atoms with Crippen molar-refractivity contribution in [3.8, 4) is 0 Å². The van der Waals surface area contributed by atoms with Crippen molar-refractivity contribution in [2.45, 2.75) is 49.5 Å². The molecule has 1 aliphatic rings. The Labute approximate surface area is 116 Å². The first-order valence-corrected chi connectivity index (χ1v) is 8.15. The molecular weight excluding hydrogens is 260 g/mol. The highest BCUT2D eigenvalue weighted by molar-refractivity contribution is 7.84. The number of carbonyl (C=O) groups is 1. The van der Waals surface area contributed by atoms with Gasteiger partial charge in [0.15, 0.2) is 0 Å². The summed E-state index contributed by atoms with van der Waals surface area (Å²) in [5, 5.41) is 9.30. The molecule has 1 aromatic carbocycles. The molecule has 0 spiro atoms. The minimum absolute atomic E-state index is 0.359. The summed E-state index contributed by atoms with van der Waals surface area (Å²) in [6.45, 7) is 1.67. The van der Waals surface area contributed by atoms with Crippen LogP contribution in [0.3, 0.4) is 0 Å². The van der Waals surface area contributed by atoms with Crippen molar-refractivity contribution in [2.75, 3.05) is 0 Å². The summed E-state index contributed by atoms with van der Waals surface area (Å²) in [4.78, 5) is 10.9. The lowest BCUT2D eigenvalue weighted by atomic mass is 10.0. The topological polar surface area (TPSA) is 54.4 Å². The van der Waals surface area contributed by atoms with Crippen LogP contribution in [0.1, 0.15) is 49.7 Å². The Hall–Kier alpha value is -1.16. The zero-order valence-electron chi connectivity index (χ0n) is 11.2. The van der Waals surface area contributed by atoms with E-state index in [0.717, 1.165) is 24.0 Å². The second-order valence-corrected chi connectivity index (χ2v) is 6.95. The summed E-state index contributed by atoms with van der Waals surface area (Å²) >= 11 is 0. The normalized spacial score (nSPS) is 19.2. The minimum Gasteiger partial charge on any atom is -0.481 e. The second kappa shape index (κ2) is 6.33. The van der Waals surface area contributed by atoms with E-state index in [1.54, 1.807) is 6.92 Å². The van der Waals surface area contributed by atoms with E-state index >= 15 is 0 Å². The van der Waals surface area contributed by atoms with E-state index in [0.29, 0.717) is 11.0 Å². The van der Waals surface area contributed by atoms with Crippen molar-refractivity contribution in [3.05, 3.63) is 35.4 Å². The fourth-order valence-corrected chi connectivity index (χ4v) is 4.09. The maximum atomic E-state index is 12.2. The lowest BCUT2D eigenvalue weighted by molar-refractivity contribution is -0.138. The first-order chi connectivity index (χ1) is 9.08. The number of benzene rings is 1. The molecule has 1 aromatic rings. The Morgan fingerprint density at radius 3 is 2.42 bits per heavy atom. The van der Waals surface area contributed by atoms with Crippen LogP contribution >= 0.6 is 0 Å². The van der Waals surface area contributed by atoms with E-state index in [1.807, 2.05) is 24.3 Å². The zero-order chi connectivity index (χ0) is 13.8. The summed E-state index contributed by atoms with van der Waals surface area (Å²) in [7, 11) is -0.789. The van der Waals surface area contributed by atoms with Crippen LogP contribution < -0.4 is 0 Å². The smallest absolute Gasteiger partial charge is 0.310 e. The van der Waals surface area contributed by atoms with Crippen molar-refractivity contribution in [3.63, 3.8) is 0 Å². The van der Waals surface area contributed by atoms with E-state index in [2.05, 4.69) is 0 Å². The van der Waals surface area contributed by atoms with Gasteiger partial charge >= 0.3 is 5.97 Å². The lowest BCUT2D eigenvalue weighted by Gasteiger charge is -2.10. The van der Waals surface area contributed by atoms with Gasteiger partial charge in [0, 0.05) is 21.8 Å². The fourth-order valence-electron chi connectivity index (χ4n) is 2.48. The van der Waals surface area contributed by atoms with Gasteiger partial charge in [-0.2, -0.15) is 0 Å². The number of rotatable bonds is 5. The molecule has 2 unspecified atom stereocenters. The van der Waals surface area contributed by atoms with Crippen LogP contribution in [-0.2, 0) is 21.3 Å². The lowest BCUT2D eigenvalue weighted by Crippen LogP contribution is -2.12. The molecule has 1 N–H and O–H groups in total. The van der Waals surface area contributed by atoms with E-state index in [4.69, 9.17) is 5.11 Å². The van der Waals surface area contributed by atoms with Crippen LogP contribution in [0.2, 0.25) is 0 Å². The molecule has 1 aliphatic carbocycles. The van der Waals surface area contributed by atoms with Gasteiger partial charge in [0.1, 0.15) is 0 Å². The van der Waals surface area contributed by atoms with Gasteiger partial charge in [0.05, 0.1) is 5.92 Å². The number of aliphatic carboxylic acids is 1. The van der Waals surface area contributed by atoms with Crippen molar-refractivity contribution in [1.82, 2.24) is 0 Å². The standard InChI is InChI=1S/C15H20O3S/c1-11(15(16)17)13-8-6-12(7-9-13)10-19(18)14-4-2-3-5-14/h6-9,11,14H,2-5,10H2,1H3,(H,16,17). The van der Waals surface area contributed by atoms with Gasteiger partial charge in [-0.05, 0) is 30.9 Å². The molecule has 2 rings (SSSR count). The van der Waals surface area contributed by atoms with Crippen molar-refractivity contribution >= 4 is 16.8 Å². The number of hydrogen-bond acceptors (Lipinski definition) is 2. The summed E-state index contributed by atoms with van der Waals surface area (Å²) in [6, 6.07) is 7.48. The third kappa shape index (κ3) is 3.66. The van der Waals surface area contributed by atoms with E-state index in [9.17, 15) is 9.00 Å². The molecule has 0 amide bonds. The van der Waals surface area contributed by atoms with Crippen LogP contribution in [0.4, 0.5) is 0 Å². The predicted octanol–water partition coefficient (Wildman–Crippen LogP) is 3.07. The molecule has 0 saturated heterocycles. The fraction of sp³-hybridized carbons (Fsp3) is 0.533. The third-order valence-corrected chi connectivity index (χ3v) is 5.67. The Balaban J connectivity index is 1.98. The van der Waals surface area contributed by atoms with Crippen molar-refractivity contribution in [2.24, 2.45) is 0 Å². The minimum atomic E-state index is -0.817. The molecule has 104 valence electrons. The van der Waals surface area contributed by atoms with Gasteiger partial charge in [0.25, 0.3) is 0 Å². The molecule has 0 bridgehead atoms. The third-order valence-electron chi connectivity index (χ3n) is 3.83. The molecule has 0 radical (unpaired) electrons. The molecule has 0 heterocycles. The monoisotopic (exact) mass is 280 g/mol.